The lowest BCUT2D eigenvalue weighted by Gasteiger charge is -2.25. The van der Waals surface area contributed by atoms with Crippen molar-refractivity contribution in [1.82, 2.24) is 4.98 Å². The molecule has 2 N–H and O–H groups in total. The van der Waals surface area contributed by atoms with Gasteiger partial charge in [-0.15, -0.1) is 0 Å². The predicted octanol–water partition coefficient (Wildman–Crippen LogP) is 2.44. The largest absolute Gasteiger partial charge is 0.384 e. The Morgan fingerprint density at radius 3 is 3.05 bits per heavy atom. The van der Waals surface area contributed by atoms with Crippen LogP contribution in [0.3, 0.4) is 0 Å². The summed E-state index contributed by atoms with van der Waals surface area (Å²) in [6.45, 7) is 0.551. The van der Waals surface area contributed by atoms with Crippen LogP contribution in [-0.4, -0.2) is 17.4 Å². The number of carbonyl (C=O) groups excluding carboxylic acids is 1. The minimum absolute atomic E-state index is 0.170. The van der Waals surface area contributed by atoms with Crippen LogP contribution in [0.15, 0.2) is 42.7 Å². The molecule has 1 aliphatic rings. The molecular formula is C15H14FN3O. The van der Waals surface area contributed by atoms with E-state index < -0.39 is 5.82 Å². The fraction of sp³-hybridized carbons (Fsp3) is 0.200. The molecule has 0 radical (unpaired) electrons. The van der Waals surface area contributed by atoms with E-state index in [-0.39, 0.29) is 17.5 Å². The number of anilines is 2. The maximum atomic E-state index is 13.5. The Bertz CT molecular complexity index is 645. The fourth-order valence-corrected chi connectivity index (χ4v) is 2.34. The lowest BCUT2D eigenvalue weighted by Crippen LogP contribution is -2.33. The third-order valence-corrected chi connectivity index (χ3v) is 3.42. The van der Waals surface area contributed by atoms with E-state index in [0.29, 0.717) is 13.0 Å². The zero-order valence-electron chi connectivity index (χ0n) is 10.8. The Balaban J connectivity index is 1.72. The Morgan fingerprint density at radius 2 is 2.20 bits per heavy atom. The molecule has 4 nitrogen and oxygen atoms in total. The molecular weight excluding hydrogens is 257 g/mol. The highest BCUT2D eigenvalue weighted by Crippen LogP contribution is 2.25. The maximum Gasteiger partial charge on any atom is 0.229 e. The van der Waals surface area contributed by atoms with Crippen molar-refractivity contribution in [2.75, 3.05) is 17.2 Å². The molecule has 1 atom stereocenters. The number of nitrogens with one attached hydrogen (secondary N) is 2. The van der Waals surface area contributed by atoms with Crippen LogP contribution in [0.1, 0.15) is 5.56 Å². The number of nitrogens with zero attached hydrogens (tertiary/aromatic N) is 1. The maximum absolute atomic E-state index is 13.5. The number of hydrogen-bond donors (Lipinski definition) is 2. The molecule has 0 spiro atoms. The van der Waals surface area contributed by atoms with Gasteiger partial charge in [-0.25, -0.2) is 4.39 Å². The summed E-state index contributed by atoms with van der Waals surface area (Å²) in [5.74, 6) is -0.917. The van der Waals surface area contributed by atoms with Crippen molar-refractivity contribution in [2.24, 2.45) is 5.92 Å². The second-order valence-electron chi connectivity index (χ2n) is 4.78. The van der Waals surface area contributed by atoms with Gasteiger partial charge in [0.05, 0.1) is 17.8 Å². The molecule has 0 bridgehead atoms. The zero-order valence-corrected chi connectivity index (χ0v) is 10.8. The van der Waals surface area contributed by atoms with Gasteiger partial charge in [0.15, 0.2) is 5.82 Å². The summed E-state index contributed by atoms with van der Waals surface area (Å²) in [6, 6.07) is 9.35. The van der Waals surface area contributed by atoms with Gasteiger partial charge in [0.25, 0.3) is 0 Å². The summed E-state index contributed by atoms with van der Waals surface area (Å²) < 4.78 is 13.5. The zero-order chi connectivity index (χ0) is 13.9. The molecule has 1 aliphatic heterocycles. The van der Waals surface area contributed by atoms with E-state index >= 15 is 0 Å². The second-order valence-corrected chi connectivity index (χ2v) is 4.78. The molecule has 3 rings (SSSR count). The van der Waals surface area contributed by atoms with Crippen molar-refractivity contribution in [3.05, 3.63) is 54.1 Å². The Kier molecular flexibility index (Phi) is 3.33. The van der Waals surface area contributed by atoms with Gasteiger partial charge in [-0.05, 0) is 24.1 Å². The van der Waals surface area contributed by atoms with Crippen LogP contribution in [0.4, 0.5) is 15.8 Å². The SMILES string of the molecule is O=C(Nc1ccncc1F)C1CNc2ccccc2C1. The number of fused-ring (bicyclic) bond motifs is 1. The molecule has 2 aromatic rings. The highest BCUT2D eigenvalue weighted by Gasteiger charge is 2.24. The fourth-order valence-electron chi connectivity index (χ4n) is 2.34. The van der Waals surface area contributed by atoms with Crippen LogP contribution in [0, 0.1) is 11.7 Å². The minimum atomic E-state index is -0.523. The second kappa shape index (κ2) is 5.28. The van der Waals surface area contributed by atoms with Gasteiger partial charge in [0.2, 0.25) is 5.91 Å². The topological polar surface area (TPSA) is 54.0 Å². The van der Waals surface area contributed by atoms with Crippen LogP contribution >= 0.6 is 0 Å². The average molecular weight is 271 g/mol. The van der Waals surface area contributed by atoms with Gasteiger partial charge in [0, 0.05) is 18.4 Å². The smallest absolute Gasteiger partial charge is 0.229 e. The van der Waals surface area contributed by atoms with Crippen LogP contribution < -0.4 is 10.6 Å². The third-order valence-electron chi connectivity index (χ3n) is 3.42. The number of para-hydroxylation sites is 1. The lowest BCUT2D eigenvalue weighted by atomic mass is 9.93. The summed E-state index contributed by atoms with van der Waals surface area (Å²) >= 11 is 0. The molecule has 5 heteroatoms. The van der Waals surface area contributed by atoms with E-state index in [2.05, 4.69) is 15.6 Å². The molecule has 20 heavy (non-hydrogen) atoms. The molecule has 1 amide bonds. The van der Waals surface area contributed by atoms with E-state index in [1.54, 1.807) is 0 Å². The molecule has 0 saturated carbocycles. The van der Waals surface area contributed by atoms with Gasteiger partial charge in [-0.2, -0.15) is 0 Å². The van der Waals surface area contributed by atoms with Gasteiger partial charge in [0.1, 0.15) is 0 Å². The molecule has 0 fully saturated rings. The van der Waals surface area contributed by atoms with Crippen molar-refractivity contribution in [3.8, 4) is 0 Å². The van der Waals surface area contributed by atoms with E-state index in [4.69, 9.17) is 0 Å². The van der Waals surface area contributed by atoms with Crippen LogP contribution in [-0.2, 0) is 11.2 Å². The first-order valence-electron chi connectivity index (χ1n) is 6.46. The summed E-state index contributed by atoms with van der Waals surface area (Å²) in [5.41, 5.74) is 2.34. The lowest BCUT2D eigenvalue weighted by molar-refractivity contribution is -0.119. The summed E-state index contributed by atoms with van der Waals surface area (Å²) in [5, 5.41) is 5.84. The van der Waals surface area contributed by atoms with Gasteiger partial charge >= 0.3 is 0 Å². The van der Waals surface area contributed by atoms with Crippen molar-refractivity contribution < 1.29 is 9.18 Å². The number of halogens is 1. The standard InChI is InChI=1S/C15H14FN3O/c16-12-9-17-6-5-14(12)19-15(20)11-7-10-3-1-2-4-13(10)18-8-11/h1-6,9,11,18H,7-8H2,(H,17,19,20). The third kappa shape index (κ3) is 2.47. The van der Waals surface area contributed by atoms with Crippen LogP contribution in [0.5, 0.6) is 0 Å². The van der Waals surface area contributed by atoms with Crippen LogP contribution in [0.25, 0.3) is 0 Å². The van der Waals surface area contributed by atoms with Gasteiger partial charge in [-0.1, -0.05) is 18.2 Å². The predicted molar refractivity (Wildman–Crippen MR) is 75.0 cm³/mol. The first kappa shape index (κ1) is 12.6. The first-order chi connectivity index (χ1) is 9.74. The molecule has 2 heterocycles. The van der Waals surface area contributed by atoms with Crippen LogP contribution in [0.2, 0.25) is 0 Å². The monoisotopic (exact) mass is 271 g/mol. The number of amides is 1. The van der Waals surface area contributed by atoms with E-state index in [9.17, 15) is 9.18 Å². The number of pyridine rings is 1. The Labute approximate surface area is 116 Å². The number of benzene rings is 1. The average Bonchev–Trinajstić information content (AvgIpc) is 2.49. The Morgan fingerprint density at radius 1 is 1.35 bits per heavy atom. The summed E-state index contributed by atoms with van der Waals surface area (Å²) in [6.07, 6.45) is 3.19. The highest BCUT2D eigenvalue weighted by molar-refractivity contribution is 5.93. The van der Waals surface area contributed by atoms with Crippen molar-refractivity contribution >= 4 is 17.3 Å². The summed E-state index contributed by atoms with van der Waals surface area (Å²) in [7, 11) is 0. The first-order valence-corrected chi connectivity index (χ1v) is 6.46. The van der Waals surface area contributed by atoms with Gasteiger partial charge < -0.3 is 10.6 Å². The Hall–Kier alpha value is -2.43. The quantitative estimate of drug-likeness (QED) is 0.882. The highest BCUT2D eigenvalue weighted by atomic mass is 19.1. The number of carbonyl (C=O) groups is 1. The van der Waals surface area contributed by atoms with Crippen molar-refractivity contribution in [1.29, 1.82) is 0 Å². The van der Waals surface area contributed by atoms with E-state index in [1.807, 2.05) is 24.3 Å². The molecule has 102 valence electrons. The van der Waals surface area contributed by atoms with Crippen molar-refractivity contribution in [2.45, 2.75) is 6.42 Å². The van der Waals surface area contributed by atoms with Gasteiger partial charge in [-0.3, -0.25) is 9.78 Å². The molecule has 1 aromatic carbocycles. The number of rotatable bonds is 2. The number of aromatic nitrogens is 1. The minimum Gasteiger partial charge on any atom is -0.384 e. The molecule has 0 saturated heterocycles. The van der Waals surface area contributed by atoms with E-state index in [0.717, 1.165) is 17.4 Å². The van der Waals surface area contributed by atoms with E-state index in [1.165, 1.54) is 12.3 Å². The molecule has 1 unspecified atom stereocenters. The summed E-state index contributed by atoms with van der Waals surface area (Å²) in [4.78, 5) is 15.8. The normalized spacial score (nSPS) is 16.9. The molecule has 0 aliphatic carbocycles. The molecule has 1 aromatic heterocycles. The van der Waals surface area contributed by atoms with Crippen molar-refractivity contribution in [3.63, 3.8) is 0 Å². The number of hydrogen-bond acceptors (Lipinski definition) is 3.